The van der Waals surface area contributed by atoms with E-state index in [-0.39, 0.29) is 39.5 Å². The van der Waals surface area contributed by atoms with Crippen LogP contribution in [-0.2, 0) is 52.3 Å². The second-order valence-electron chi connectivity index (χ2n) is 22.0. The van der Waals surface area contributed by atoms with E-state index in [1.165, 1.54) is 24.3 Å². The summed E-state index contributed by atoms with van der Waals surface area (Å²) in [5, 5.41) is 199. The van der Waals surface area contributed by atoms with E-state index < -0.39 is 231 Å². The van der Waals surface area contributed by atoms with Crippen molar-refractivity contribution in [3.05, 3.63) is 100 Å². The molecule has 96 heavy (non-hydrogen) atoms. The van der Waals surface area contributed by atoms with Gasteiger partial charge in [0.1, 0.15) is 129 Å². The van der Waals surface area contributed by atoms with Crippen LogP contribution in [0.2, 0.25) is 0 Å². The molecule has 0 saturated carbocycles. The van der Waals surface area contributed by atoms with Crippen LogP contribution >= 0.6 is 0 Å². The van der Waals surface area contributed by atoms with Crippen LogP contribution in [0.5, 0.6) is 51.7 Å². The zero-order valence-corrected chi connectivity index (χ0v) is 49.1. The van der Waals surface area contributed by atoms with Crippen molar-refractivity contribution in [3.63, 3.8) is 0 Å². The molecule has 5 heterocycles. The van der Waals surface area contributed by atoms with E-state index in [0.717, 1.165) is 66.8 Å². The second-order valence-corrected chi connectivity index (χ2v) is 22.0. The molecule has 18 N–H and O–H groups in total. The van der Waals surface area contributed by atoms with E-state index in [9.17, 15) is 121 Å². The number of phenolic OH excluding ortho intramolecular Hbond substituents is 5. The molecular formula is C60H63O36-. The number of benzene rings is 4. The maximum atomic E-state index is 13.7. The predicted molar refractivity (Wildman–Crippen MR) is 305 cm³/mol. The Kier molecular flexibility index (Phi) is 22.5. The summed E-state index contributed by atoms with van der Waals surface area (Å²) in [6, 6.07) is 11.8. The molecule has 9 rings (SSSR count). The molecule has 0 unspecified atom stereocenters. The van der Waals surface area contributed by atoms with Gasteiger partial charge in [0.25, 0.3) is 0 Å². The number of ether oxygens (including phenoxy) is 11. The molecule has 0 bridgehead atoms. The largest absolute Gasteiger partial charge is 0.550 e. The molecule has 520 valence electrons. The highest BCUT2D eigenvalue weighted by Gasteiger charge is 2.49. The molecule has 4 saturated heterocycles. The molecule has 3 aromatic rings. The first-order valence-corrected chi connectivity index (χ1v) is 28.6. The first-order chi connectivity index (χ1) is 45.5. The molecule has 3 aromatic carbocycles. The number of aromatic hydroxyl groups is 5. The number of fused-ring (bicyclic) bond motifs is 1. The van der Waals surface area contributed by atoms with Gasteiger partial charge < -0.3 is 158 Å². The minimum atomic E-state index is -2.10. The lowest BCUT2D eigenvalue weighted by Gasteiger charge is -2.40. The molecule has 1 aliphatic carbocycles. The number of aliphatic hydroxyl groups excluding tert-OH is 13. The Hall–Kier alpha value is -9.03. The fraction of sp³-hybridized carbons (Fsp3) is 0.417. The molecule has 5 aliphatic heterocycles. The van der Waals surface area contributed by atoms with Crippen LogP contribution in [0.15, 0.2) is 88.1 Å². The number of esters is 3. The predicted octanol–water partition coefficient (Wildman–Crippen LogP) is -6.13. The van der Waals surface area contributed by atoms with Gasteiger partial charge in [-0.2, -0.15) is 0 Å². The fourth-order valence-corrected chi connectivity index (χ4v) is 9.95. The average molecular weight is 1360 g/mol. The summed E-state index contributed by atoms with van der Waals surface area (Å²) in [5.41, 5.74) is -1.23. The third-order valence-electron chi connectivity index (χ3n) is 15.2. The zero-order chi connectivity index (χ0) is 69.7. The van der Waals surface area contributed by atoms with Gasteiger partial charge in [-0.05, 0) is 65.7 Å². The first kappa shape index (κ1) is 71.3. The van der Waals surface area contributed by atoms with Gasteiger partial charge in [-0.15, -0.1) is 0 Å². The number of carboxylic acid groups (broad SMARTS) is 1. The highest BCUT2D eigenvalue weighted by atomic mass is 16.7. The Bertz CT molecular complexity index is 3660. The molecule has 0 amide bonds. The zero-order valence-electron chi connectivity index (χ0n) is 49.1. The summed E-state index contributed by atoms with van der Waals surface area (Å²) in [6.07, 6.45) is -33.5. The van der Waals surface area contributed by atoms with Gasteiger partial charge in [0.2, 0.25) is 25.2 Å². The first-order valence-electron chi connectivity index (χ1n) is 28.6. The van der Waals surface area contributed by atoms with Crippen molar-refractivity contribution < 1.29 is 173 Å². The summed E-state index contributed by atoms with van der Waals surface area (Å²) < 4.78 is 65.8. The maximum absolute atomic E-state index is 13.7. The Morgan fingerprint density at radius 1 is 0.458 bits per heavy atom. The number of aliphatic hydroxyl groups is 13. The number of aliphatic carboxylic acids is 1. The minimum Gasteiger partial charge on any atom is -0.550 e. The highest BCUT2D eigenvalue weighted by molar-refractivity contribution is 5.89. The average Bonchev–Trinajstić information content (AvgIpc) is 0.777. The van der Waals surface area contributed by atoms with Gasteiger partial charge in [0.05, 0.1) is 24.6 Å². The Labute approximate surface area is 537 Å². The van der Waals surface area contributed by atoms with Crippen LogP contribution in [0.1, 0.15) is 17.5 Å². The van der Waals surface area contributed by atoms with Crippen LogP contribution < -0.4 is 29.5 Å². The smallest absolute Gasteiger partial charge is 0.330 e. The monoisotopic (exact) mass is 1360 g/mol. The Morgan fingerprint density at radius 2 is 0.865 bits per heavy atom. The fourth-order valence-electron chi connectivity index (χ4n) is 9.95. The second kappa shape index (κ2) is 30.4. The summed E-state index contributed by atoms with van der Waals surface area (Å²) in [5.74, 6) is -11.6. The van der Waals surface area contributed by atoms with E-state index in [2.05, 4.69) is 0 Å². The summed E-state index contributed by atoms with van der Waals surface area (Å²) in [7, 11) is 0. The van der Waals surface area contributed by atoms with Crippen LogP contribution in [-0.4, -0.2) is 265 Å². The quantitative estimate of drug-likeness (QED) is 0.0101. The van der Waals surface area contributed by atoms with Crippen molar-refractivity contribution in [2.75, 3.05) is 26.4 Å². The van der Waals surface area contributed by atoms with Crippen molar-refractivity contribution in [1.82, 2.24) is 0 Å². The minimum absolute atomic E-state index is 0.126. The van der Waals surface area contributed by atoms with Crippen molar-refractivity contribution in [2.45, 2.75) is 129 Å². The molecular weight excluding hydrogens is 1300 g/mol. The van der Waals surface area contributed by atoms with Crippen molar-refractivity contribution in [1.29, 1.82) is 0 Å². The van der Waals surface area contributed by atoms with Crippen LogP contribution in [0.3, 0.4) is 0 Å². The maximum Gasteiger partial charge on any atom is 0.330 e. The summed E-state index contributed by atoms with van der Waals surface area (Å²) in [4.78, 5) is 62.1. The standard InChI is InChI=1S/C60H64O36/c61-17-35-44(73)48(77)53(82)58(93-35)90-31-5-1-21(9-27(31)63)4-8-41(70)86-19-37-46(75)50(79)54(83)59(95-37)91-32-6-2-22(10-28(32)64)3-7-40(69)85-18-36-45(74)49(78)52(81)57(94-36)88-24-13-26(62)25-15-34(56(89-33(25)14-24)23-11-29(65)43(72)30(66)12-23)92-60-55(84)51(80)47(76)38(96-60)20-87-42(71)16-39(67)68/h1-15,35-38,44-55,57-61,63-66,72-84H,16-20H2,(H,67,68)/p-1/b7-3+,8-4+/t35-,36-,37-,38-,44-,45-,46-,47-,48+,49+,50+,51+,52-,53-,54-,55-,57-,58-,59-,60-/m1/s1. The lowest BCUT2D eigenvalue weighted by molar-refractivity contribution is -0.305. The normalized spacial score (nSPS) is 30.8. The van der Waals surface area contributed by atoms with E-state index in [1.54, 1.807) is 0 Å². The number of rotatable bonds is 22. The third-order valence-corrected chi connectivity index (χ3v) is 15.2. The molecule has 36 heteroatoms. The molecule has 0 radical (unpaired) electrons. The number of carbonyl (C=O) groups excluding carboxylic acids is 4. The van der Waals surface area contributed by atoms with Gasteiger partial charge in [-0.3, -0.25) is 9.59 Å². The van der Waals surface area contributed by atoms with Gasteiger partial charge >= 0.3 is 17.9 Å². The van der Waals surface area contributed by atoms with Gasteiger partial charge in [-0.1, -0.05) is 12.1 Å². The van der Waals surface area contributed by atoms with Crippen molar-refractivity contribution in [2.24, 2.45) is 0 Å². The SMILES string of the molecule is O=C([O-])CC(=O)OC[C@H]1O[C@@H](Oc2cc3c(=O)cc(O[C@@H]4O[C@H](COC(=O)/C=C/c5ccc(O[C@@H]6O[C@H](COC(=O)/C=C/c7ccc(O[C@@H]8O[C@H](CO)[C@@H](O)[C@H](O)[C@H]8O)c(O)c7)[C@@H](O)[C@H](O)[C@H]6O)c(O)c5)[C@@H](O)[C@H](O)[C@H]4O)cc-3oc2-c2cc(O)c(O)c(O)c2)[C@H](O)[C@@H](O)[C@@H]1O. The molecule has 4 fully saturated rings. The highest BCUT2D eigenvalue weighted by Crippen LogP contribution is 2.45. The topological polar surface area (TPSA) is 587 Å². The van der Waals surface area contributed by atoms with Crippen LogP contribution in [0, 0.1) is 0 Å². The van der Waals surface area contributed by atoms with E-state index >= 15 is 0 Å². The number of carboxylic acids is 1. The lowest BCUT2D eigenvalue weighted by Crippen LogP contribution is -2.60. The molecule has 6 aliphatic rings. The van der Waals surface area contributed by atoms with Gasteiger partial charge in [0, 0.05) is 29.8 Å². The molecule has 0 spiro atoms. The Balaban J connectivity index is 0.797. The van der Waals surface area contributed by atoms with E-state index in [0.29, 0.717) is 0 Å². The van der Waals surface area contributed by atoms with Crippen LogP contribution in [0.25, 0.3) is 34.8 Å². The number of hydrogen-bond acceptors (Lipinski definition) is 36. The molecule has 36 nitrogen and oxygen atoms in total. The number of phenols is 5. The van der Waals surface area contributed by atoms with Crippen LogP contribution in [0.4, 0.5) is 0 Å². The van der Waals surface area contributed by atoms with Gasteiger partial charge in [0.15, 0.2) is 57.2 Å². The number of carbonyl (C=O) groups is 4. The lowest BCUT2D eigenvalue weighted by atomic mass is 9.99. The van der Waals surface area contributed by atoms with Crippen molar-refractivity contribution in [3.8, 4) is 74.4 Å². The Morgan fingerprint density at radius 3 is 1.29 bits per heavy atom. The van der Waals surface area contributed by atoms with Gasteiger partial charge in [-0.25, -0.2) is 9.59 Å². The van der Waals surface area contributed by atoms with E-state index in [4.69, 9.17) is 56.5 Å². The van der Waals surface area contributed by atoms with Crippen molar-refractivity contribution >= 4 is 36.0 Å². The summed E-state index contributed by atoms with van der Waals surface area (Å²) >= 11 is 0. The molecule has 0 aromatic heterocycles. The number of hydrogen-bond donors (Lipinski definition) is 18. The third kappa shape index (κ3) is 16.3. The molecule has 20 atom stereocenters. The van der Waals surface area contributed by atoms with E-state index in [1.807, 2.05) is 0 Å². The summed E-state index contributed by atoms with van der Waals surface area (Å²) in [6.45, 7) is -3.13.